The predicted octanol–water partition coefficient (Wildman–Crippen LogP) is -0.253. The highest BCUT2D eigenvalue weighted by molar-refractivity contribution is 5.77. The SMILES string of the molecule is CNC(=O)CNCC(C)(C)OC. The summed E-state index contributed by atoms with van der Waals surface area (Å²) in [5.74, 6) is -0.0121. The zero-order valence-electron chi connectivity index (χ0n) is 8.23. The maximum atomic E-state index is 10.8. The lowest BCUT2D eigenvalue weighted by Crippen LogP contribution is -2.41. The minimum absolute atomic E-state index is 0.0121. The van der Waals surface area contributed by atoms with Gasteiger partial charge in [-0.1, -0.05) is 0 Å². The molecule has 0 fully saturated rings. The molecule has 0 unspecified atom stereocenters. The van der Waals surface area contributed by atoms with Gasteiger partial charge in [0.25, 0.3) is 0 Å². The number of carbonyl (C=O) groups is 1. The zero-order chi connectivity index (χ0) is 9.61. The van der Waals surface area contributed by atoms with E-state index in [4.69, 9.17) is 4.74 Å². The first-order valence-corrected chi connectivity index (χ1v) is 3.98. The third-order valence-electron chi connectivity index (χ3n) is 1.67. The zero-order valence-corrected chi connectivity index (χ0v) is 8.23. The average Bonchev–Trinajstić information content (AvgIpc) is 2.04. The Morgan fingerprint density at radius 2 is 2.08 bits per heavy atom. The standard InChI is InChI=1S/C8H18N2O2/c1-8(2,12-4)6-10-5-7(11)9-3/h10H,5-6H2,1-4H3,(H,9,11). The summed E-state index contributed by atoms with van der Waals surface area (Å²) in [6.45, 7) is 4.92. The van der Waals surface area contributed by atoms with E-state index < -0.39 is 0 Å². The number of rotatable bonds is 5. The largest absolute Gasteiger partial charge is 0.377 e. The van der Waals surface area contributed by atoms with Crippen LogP contribution in [0.1, 0.15) is 13.8 Å². The summed E-state index contributed by atoms with van der Waals surface area (Å²) in [4.78, 5) is 10.8. The topological polar surface area (TPSA) is 50.4 Å². The number of methoxy groups -OCH3 is 1. The van der Waals surface area contributed by atoms with Crippen molar-refractivity contribution in [1.29, 1.82) is 0 Å². The number of hydrogen-bond acceptors (Lipinski definition) is 3. The van der Waals surface area contributed by atoms with E-state index in [-0.39, 0.29) is 11.5 Å². The Balaban J connectivity index is 3.49. The van der Waals surface area contributed by atoms with E-state index in [1.54, 1.807) is 14.2 Å². The van der Waals surface area contributed by atoms with Crippen molar-refractivity contribution in [1.82, 2.24) is 10.6 Å². The van der Waals surface area contributed by atoms with Gasteiger partial charge in [-0.25, -0.2) is 0 Å². The molecule has 4 heteroatoms. The molecule has 4 nitrogen and oxygen atoms in total. The van der Waals surface area contributed by atoms with Gasteiger partial charge in [-0.3, -0.25) is 4.79 Å². The minimum Gasteiger partial charge on any atom is -0.377 e. The van der Waals surface area contributed by atoms with Crippen LogP contribution in [0.15, 0.2) is 0 Å². The second-order valence-corrected chi connectivity index (χ2v) is 3.24. The lowest BCUT2D eigenvalue weighted by atomic mass is 10.1. The van der Waals surface area contributed by atoms with Gasteiger partial charge in [-0.15, -0.1) is 0 Å². The third-order valence-corrected chi connectivity index (χ3v) is 1.67. The molecule has 1 amide bonds. The molecule has 0 aliphatic heterocycles. The monoisotopic (exact) mass is 174 g/mol. The third kappa shape index (κ3) is 5.09. The van der Waals surface area contributed by atoms with Crippen molar-refractivity contribution in [3.8, 4) is 0 Å². The smallest absolute Gasteiger partial charge is 0.233 e. The van der Waals surface area contributed by atoms with Crippen LogP contribution in [0, 0.1) is 0 Å². The van der Waals surface area contributed by atoms with Crippen molar-refractivity contribution in [3.05, 3.63) is 0 Å². The molecule has 0 atom stereocenters. The molecule has 0 rings (SSSR count). The first-order chi connectivity index (χ1) is 5.52. The van der Waals surface area contributed by atoms with Crippen LogP contribution in [0.5, 0.6) is 0 Å². The van der Waals surface area contributed by atoms with E-state index in [1.807, 2.05) is 13.8 Å². The van der Waals surface area contributed by atoms with Gasteiger partial charge in [0, 0.05) is 20.7 Å². The molecule has 0 aromatic rings. The number of carbonyl (C=O) groups excluding carboxylic acids is 1. The highest BCUT2D eigenvalue weighted by Gasteiger charge is 2.15. The Morgan fingerprint density at radius 3 is 2.50 bits per heavy atom. The maximum Gasteiger partial charge on any atom is 0.233 e. The van der Waals surface area contributed by atoms with Gasteiger partial charge in [0.05, 0.1) is 12.1 Å². The molecule has 12 heavy (non-hydrogen) atoms. The Bertz CT molecular complexity index is 146. The van der Waals surface area contributed by atoms with E-state index in [0.717, 1.165) is 0 Å². The number of ether oxygens (including phenoxy) is 1. The number of nitrogens with one attached hydrogen (secondary N) is 2. The van der Waals surface area contributed by atoms with Crippen LogP contribution in [-0.4, -0.2) is 38.8 Å². The van der Waals surface area contributed by atoms with E-state index >= 15 is 0 Å². The Labute approximate surface area is 73.7 Å². The molecule has 0 aromatic heterocycles. The summed E-state index contributed by atoms with van der Waals surface area (Å²) < 4.78 is 5.16. The number of hydrogen-bond donors (Lipinski definition) is 2. The van der Waals surface area contributed by atoms with Gasteiger partial charge in [0.15, 0.2) is 0 Å². The van der Waals surface area contributed by atoms with Crippen molar-refractivity contribution in [2.45, 2.75) is 19.4 Å². The molecule has 0 heterocycles. The van der Waals surface area contributed by atoms with Crippen LogP contribution in [0.4, 0.5) is 0 Å². The number of amides is 1. The van der Waals surface area contributed by atoms with E-state index in [1.165, 1.54) is 0 Å². The van der Waals surface area contributed by atoms with Crippen LogP contribution in [0.2, 0.25) is 0 Å². The maximum absolute atomic E-state index is 10.8. The second-order valence-electron chi connectivity index (χ2n) is 3.24. The second kappa shape index (κ2) is 5.11. The van der Waals surface area contributed by atoms with Crippen molar-refractivity contribution in [2.24, 2.45) is 0 Å². The summed E-state index contributed by atoms with van der Waals surface area (Å²) in [5, 5.41) is 5.52. The van der Waals surface area contributed by atoms with Crippen molar-refractivity contribution < 1.29 is 9.53 Å². The molecule has 0 saturated carbocycles. The fourth-order valence-corrected chi connectivity index (χ4v) is 0.638. The summed E-state index contributed by atoms with van der Waals surface area (Å²) in [7, 11) is 3.27. The van der Waals surface area contributed by atoms with Crippen LogP contribution in [0.25, 0.3) is 0 Å². The summed E-state index contributed by atoms with van der Waals surface area (Å²) >= 11 is 0. The van der Waals surface area contributed by atoms with Gasteiger partial charge in [-0.05, 0) is 13.8 Å². The fourth-order valence-electron chi connectivity index (χ4n) is 0.638. The Kier molecular flexibility index (Phi) is 4.85. The quantitative estimate of drug-likeness (QED) is 0.604. The molecule has 0 aliphatic carbocycles. The molecule has 0 saturated heterocycles. The van der Waals surface area contributed by atoms with Crippen LogP contribution in [0.3, 0.4) is 0 Å². The minimum atomic E-state index is -0.214. The van der Waals surface area contributed by atoms with E-state index in [9.17, 15) is 4.79 Å². The predicted molar refractivity (Wildman–Crippen MR) is 48.0 cm³/mol. The fraction of sp³-hybridized carbons (Fsp3) is 0.875. The highest BCUT2D eigenvalue weighted by Crippen LogP contribution is 2.03. The molecule has 2 N–H and O–H groups in total. The molecule has 0 aliphatic rings. The van der Waals surface area contributed by atoms with Crippen molar-refractivity contribution >= 4 is 5.91 Å². The summed E-state index contributed by atoms with van der Waals surface area (Å²) in [6.07, 6.45) is 0. The van der Waals surface area contributed by atoms with Crippen LogP contribution in [-0.2, 0) is 9.53 Å². The average molecular weight is 174 g/mol. The Hall–Kier alpha value is -0.610. The van der Waals surface area contributed by atoms with Gasteiger partial charge in [-0.2, -0.15) is 0 Å². The first-order valence-electron chi connectivity index (χ1n) is 3.98. The highest BCUT2D eigenvalue weighted by atomic mass is 16.5. The summed E-state index contributed by atoms with van der Waals surface area (Å²) in [5.41, 5.74) is -0.214. The lowest BCUT2D eigenvalue weighted by Gasteiger charge is -2.22. The van der Waals surface area contributed by atoms with Gasteiger partial charge in [0.1, 0.15) is 0 Å². The normalized spacial score (nSPS) is 11.3. The van der Waals surface area contributed by atoms with E-state index in [2.05, 4.69) is 10.6 Å². The molecule has 0 radical (unpaired) electrons. The molecule has 0 aromatic carbocycles. The van der Waals surface area contributed by atoms with Gasteiger partial charge in [0.2, 0.25) is 5.91 Å². The summed E-state index contributed by atoms with van der Waals surface area (Å²) in [6, 6.07) is 0. The number of likely N-dealkylation sites (N-methyl/N-ethyl adjacent to an activating group) is 1. The molecule has 0 spiro atoms. The van der Waals surface area contributed by atoms with Gasteiger partial charge < -0.3 is 15.4 Å². The molecule has 0 bridgehead atoms. The first kappa shape index (κ1) is 11.4. The van der Waals surface area contributed by atoms with Crippen LogP contribution >= 0.6 is 0 Å². The van der Waals surface area contributed by atoms with Crippen LogP contribution < -0.4 is 10.6 Å². The molecule has 72 valence electrons. The van der Waals surface area contributed by atoms with Crippen molar-refractivity contribution in [2.75, 3.05) is 27.2 Å². The Morgan fingerprint density at radius 1 is 1.50 bits per heavy atom. The van der Waals surface area contributed by atoms with E-state index in [0.29, 0.717) is 13.1 Å². The molecular weight excluding hydrogens is 156 g/mol. The van der Waals surface area contributed by atoms with Crippen molar-refractivity contribution in [3.63, 3.8) is 0 Å². The van der Waals surface area contributed by atoms with Gasteiger partial charge >= 0.3 is 0 Å². The lowest BCUT2D eigenvalue weighted by molar-refractivity contribution is -0.119. The molecular formula is C8H18N2O2.